The molecule has 0 fully saturated rings. The summed E-state index contributed by atoms with van der Waals surface area (Å²) in [4.78, 5) is 4.16. The molecule has 10 heteroatoms. The first-order chi connectivity index (χ1) is 14.6. The molecule has 1 aliphatic heterocycles. The molecule has 0 unspecified atom stereocenters. The number of methoxy groups -OCH3 is 1. The Morgan fingerprint density at radius 3 is 2.77 bits per heavy atom. The Bertz CT molecular complexity index is 1210. The van der Waals surface area contributed by atoms with E-state index in [1.807, 2.05) is 24.3 Å². The topological polar surface area (TPSA) is 88.1 Å². The summed E-state index contributed by atoms with van der Waals surface area (Å²) in [5, 5.41) is 12.1. The fourth-order valence-electron chi connectivity index (χ4n) is 3.30. The summed E-state index contributed by atoms with van der Waals surface area (Å²) in [6.45, 7) is 0.690. The zero-order chi connectivity index (χ0) is 20.7. The van der Waals surface area contributed by atoms with E-state index in [4.69, 9.17) is 14.0 Å². The van der Waals surface area contributed by atoms with E-state index in [-0.39, 0.29) is 30.0 Å². The summed E-state index contributed by atoms with van der Waals surface area (Å²) in [5.41, 5.74) is 1.91. The fourth-order valence-corrected chi connectivity index (χ4v) is 3.30. The molecule has 0 N–H and O–H groups in total. The highest BCUT2D eigenvalue weighted by molar-refractivity contribution is 5.59. The van der Waals surface area contributed by atoms with Crippen molar-refractivity contribution >= 4 is 0 Å². The lowest BCUT2D eigenvalue weighted by Crippen LogP contribution is -2.22. The molecular formula is C20H15F2N5O3. The number of fused-ring (bicyclic) bond motifs is 1. The number of rotatable bonds is 4. The quantitative estimate of drug-likeness (QED) is 0.507. The molecule has 30 heavy (non-hydrogen) atoms. The van der Waals surface area contributed by atoms with Crippen LogP contribution >= 0.6 is 0 Å². The lowest BCUT2D eigenvalue weighted by molar-refractivity contribution is -0.00114. The Morgan fingerprint density at radius 2 is 1.97 bits per heavy atom. The highest BCUT2D eigenvalue weighted by atomic mass is 19.1. The van der Waals surface area contributed by atoms with Crippen molar-refractivity contribution in [3.05, 3.63) is 65.4 Å². The van der Waals surface area contributed by atoms with Crippen LogP contribution < -0.4 is 4.74 Å². The van der Waals surface area contributed by atoms with Gasteiger partial charge in [-0.2, -0.15) is 4.98 Å². The van der Waals surface area contributed by atoms with Gasteiger partial charge in [0.05, 0.1) is 31.5 Å². The normalized spacial score (nSPS) is 15.8. The molecule has 0 saturated carbocycles. The van der Waals surface area contributed by atoms with E-state index in [1.54, 1.807) is 11.8 Å². The van der Waals surface area contributed by atoms with Crippen molar-refractivity contribution in [2.45, 2.75) is 19.3 Å². The summed E-state index contributed by atoms with van der Waals surface area (Å²) >= 11 is 0. The van der Waals surface area contributed by atoms with Crippen molar-refractivity contribution in [1.82, 2.24) is 25.1 Å². The van der Waals surface area contributed by atoms with E-state index >= 15 is 0 Å². The van der Waals surface area contributed by atoms with Crippen molar-refractivity contribution < 1.29 is 22.8 Å². The maximum absolute atomic E-state index is 14.0. The number of nitrogens with zero attached hydrogens (tertiary/aromatic N) is 5. The largest absolute Gasteiger partial charge is 0.497 e. The number of hydrogen-bond acceptors (Lipinski definition) is 7. The lowest BCUT2D eigenvalue weighted by atomic mass is 10.1. The van der Waals surface area contributed by atoms with Gasteiger partial charge in [-0.3, -0.25) is 0 Å². The summed E-state index contributed by atoms with van der Waals surface area (Å²) in [7, 11) is 1.61. The Labute approximate surface area is 169 Å². The fraction of sp³-hybridized carbons (Fsp3) is 0.200. The standard InChI is InChI=1S/C20H15F2N5O3/c1-28-13-5-2-11(3-6-13)17-9-27-16(10-29-17)18(24-26-27)19-23-20(30-25-19)14-8-12(21)4-7-15(14)22/h2-8,17H,9-10H2,1H3/t17-/m1/s1. The third-order valence-corrected chi connectivity index (χ3v) is 4.88. The minimum Gasteiger partial charge on any atom is -0.497 e. The van der Waals surface area contributed by atoms with E-state index in [0.717, 1.165) is 29.5 Å². The smallest absolute Gasteiger partial charge is 0.261 e. The van der Waals surface area contributed by atoms with E-state index in [1.165, 1.54) is 0 Å². The predicted molar refractivity (Wildman–Crippen MR) is 99.2 cm³/mol. The zero-order valence-corrected chi connectivity index (χ0v) is 15.7. The van der Waals surface area contributed by atoms with Gasteiger partial charge in [-0.15, -0.1) is 5.10 Å². The molecule has 3 heterocycles. The molecule has 2 aromatic carbocycles. The highest BCUT2D eigenvalue weighted by Gasteiger charge is 2.28. The second-order valence-corrected chi connectivity index (χ2v) is 6.69. The molecule has 0 radical (unpaired) electrons. The Hall–Kier alpha value is -3.66. The van der Waals surface area contributed by atoms with Crippen LogP contribution in [0.4, 0.5) is 8.78 Å². The number of aromatic nitrogens is 5. The van der Waals surface area contributed by atoms with Crippen molar-refractivity contribution in [2.24, 2.45) is 0 Å². The van der Waals surface area contributed by atoms with Crippen LogP contribution in [0.5, 0.6) is 5.75 Å². The molecule has 0 saturated heterocycles. The minimum absolute atomic E-state index is 0.120. The Kier molecular flexibility index (Phi) is 4.47. The third-order valence-electron chi connectivity index (χ3n) is 4.88. The monoisotopic (exact) mass is 411 g/mol. The van der Waals surface area contributed by atoms with Crippen LogP contribution in [0.1, 0.15) is 17.4 Å². The van der Waals surface area contributed by atoms with Crippen molar-refractivity contribution in [3.8, 4) is 28.7 Å². The molecule has 1 atom stereocenters. The molecule has 8 nitrogen and oxygen atoms in total. The minimum atomic E-state index is -0.665. The van der Waals surface area contributed by atoms with Crippen LogP contribution in [0.3, 0.4) is 0 Å². The number of halogens is 2. The second kappa shape index (κ2) is 7.30. The van der Waals surface area contributed by atoms with Gasteiger partial charge in [-0.25, -0.2) is 13.5 Å². The maximum atomic E-state index is 14.0. The molecule has 0 aliphatic carbocycles. The number of ether oxygens (including phenoxy) is 2. The van der Waals surface area contributed by atoms with Gasteiger partial charge in [0, 0.05) is 0 Å². The molecule has 5 rings (SSSR count). The average molecular weight is 411 g/mol. The van der Waals surface area contributed by atoms with Gasteiger partial charge in [0.2, 0.25) is 5.82 Å². The molecule has 0 spiro atoms. The van der Waals surface area contributed by atoms with E-state index in [2.05, 4.69) is 20.5 Å². The van der Waals surface area contributed by atoms with Gasteiger partial charge in [-0.05, 0) is 35.9 Å². The molecule has 0 bridgehead atoms. The molecule has 152 valence electrons. The molecule has 1 aliphatic rings. The van der Waals surface area contributed by atoms with Crippen LogP contribution in [0.25, 0.3) is 23.0 Å². The summed E-state index contributed by atoms with van der Waals surface area (Å²) in [5.74, 6) is -0.522. The van der Waals surface area contributed by atoms with Gasteiger partial charge in [0.15, 0.2) is 5.69 Å². The number of benzene rings is 2. The van der Waals surface area contributed by atoms with Crippen LogP contribution in [-0.4, -0.2) is 32.2 Å². The lowest BCUT2D eigenvalue weighted by Gasteiger charge is -2.24. The summed E-state index contributed by atoms with van der Waals surface area (Å²) in [6, 6.07) is 10.6. The first-order valence-corrected chi connectivity index (χ1v) is 9.10. The Morgan fingerprint density at radius 1 is 1.13 bits per heavy atom. The van der Waals surface area contributed by atoms with Crippen LogP contribution in [0.15, 0.2) is 47.0 Å². The average Bonchev–Trinajstić information content (AvgIpc) is 3.42. The van der Waals surface area contributed by atoms with Crippen LogP contribution in [0, 0.1) is 11.6 Å². The molecular weight excluding hydrogens is 396 g/mol. The van der Waals surface area contributed by atoms with Gasteiger partial charge in [0.25, 0.3) is 5.89 Å². The first-order valence-electron chi connectivity index (χ1n) is 9.10. The van der Waals surface area contributed by atoms with Crippen molar-refractivity contribution in [1.29, 1.82) is 0 Å². The third kappa shape index (κ3) is 3.20. The number of hydrogen-bond donors (Lipinski definition) is 0. The SMILES string of the molecule is COc1ccc([C@H]2Cn3nnc(-c4noc(-c5cc(F)ccc5F)n4)c3CO2)cc1. The van der Waals surface area contributed by atoms with Crippen molar-refractivity contribution in [2.75, 3.05) is 7.11 Å². The van der Waals surface area contributed by atoms with Gasteiger partial charge in [0.1, 0.15) is 23.5 Å². The van der Waals surface area contributed by atoms with E-state index in [0.29, 0.717) is 17.9 Å². The summed E-state index contributed by atoms with van der Waals surface area (Å²) in [6.07, 6.45) is -0.194. The maximum Gasteiger partial charge on any atom is 0.261 e. The molecule has 2 aromatic heterocycles. The predicted octanol–water partition coefficient (Wildman–Crippen LogP) is 3.55. The summed E-state index contributed by atoms with van der Waals surface area (Å²) < 4.78 is 45.4. The van der Waals surface area contributed by atoms with Crippen LogP contribution in [0.2, 0.25) is 0 Å². The van der Waals surface area contributed by atoms with Gasteiger partial charge in [-0.1, -0.05) is 22.5 Å². The van der Waals surface area contributed by atoms with Crippen LogP contribution in [-0.2, 0) is 17.9 Å². The Balaban J connectivity index is 1.41. The van der Waals surface area contributed by atoms with Crippen molar-refractivity contribution in [3.63, 3.8) is 0 Å². The van der Waals surface area contributed by atoms with Gasteiger partial charge < -0.3 is 14.0 Å². The highest BCUT2D eigenvalue weighted by Crippen LogP contribution is 2.31. The zero-order valence-electron chi connectivity index (χ0n) is 15.7. The van der Waals surface area contributed by atoms with E-state index < -0.39 is 11.6 Å². The molecule has 0 amide bonds. The second-order valence-electron chi connectivity index (χ2n) is 6.69. The van der Waals surface area contributed by atoms with E-state index in [9.17, 15) is 8.78 Å². The first kappa shape index (κ1) is 18.4. The van der Waals surface area contributed by atoms with Gasteiger partial charge >= 0.3 is 0 Å². The molecule has 4 aromatic rings.